The first-order valence-electron chi connectivity index (χ1n) is 11.0. The smallest absolute Gasteiger partial charge is 0.375 e. The van der Waals surface area contributed by atoms with Gasteiger partial charge < -0.3 is 20.0 Å². The number of anilines is 1. The molecule has 0 saturated heterocycles. The van der Waals surface area contributed by atoms with Crippen molar-refractivity contribution in [3.8, 4) is 0 Å². The van der Waals surface area contributed by atoms with E-state index in [1.54, 1.807) is 51.4 Å². The summed E-state index contributed by atoms with van der Waals surface area (Å²) in [6.07, 6.45) is 0. The topological polar surface area (TPSA) is 134 Å². The van der Waals surface area contributed by atoms with Gasteiger partial charge in [0.15, 0.2) is 0 Å². The second-order valence-electron chi connectivity index (χ2n) is 8.09. The average Bonchev–Trinajstić information content (AvgIpc) is 2.80. The molecule has 35 heavy (non-hydrogen) atoms. The van der Waals surface area contributed by atoms with E-state index in [1.165, 1.54) is 5.01 Å². The van der Waals surface area contributed by atoms with E-state index in [4.69, 9.17) is 4.74 Å². The Morgan fingerprint density at radius 3 is 2.51 bits per heavy atom. The molecule has 0 aliphatic carbocycles. The number of ether oxygens (including phenoxy) is 1. The highest BCUT2D eigenvalue weighted by Crippen LogP contribution is 2.21. The zero-order valence-electron chi connectivity index (χ0n) is 20.2. The standard InChI is InChI=1S/C25H27N5O5/c1-6-35-25(34)22(31)19(20-23(32)28-18-10-8-7-9-17(18)26-20)21(29-30(4)5)24(33)27-16-12-11-14(2)13-15(16)3/h7-13,19H,6H2,1-5H3,(H,27,33)(H,28,32). The predicted molar refractivity (Wildman–Crippen MR) is 132 cm³/mol. The Morgan fingerprint density at radius 1 is 1.14 bits per heavy atom. The zero-order chi connectivity index (χ0) is 25.7. The van der Waals surface area contributed by atoms with Crippen LogP contribution in [0.3, 0.4) is 0 Å². The van der Waals surface area contributed by atoms with Crippen LogP contribution in [-0.4, -0.2) is 59.1 Å². The number of aromatic nitrogens is 2. The fourth-order valence-electron chi connectivity index (χ4n) is 3.53. The number of carbonyl (C=O) groups excluding carboxylic acids is 3. The van der Waals surface area contributed by atoms with Gasteiger partial charge in [-0.05, 0) is 44.5 Å². The number of nitrogens with one attached hydrogen (secondary N) is 2. The van der Waals surface area contributed by atoms with Crippen LogP contribution in [0.25, 0.3) is 11.0 Å². The first-order chi connectivity index (χ1) is 16.6. The van der Waals surface area contributed by atoms with Crippen molar-refractivity contribution in [3.63, 3.8) is 0 Å². The van der Waals surface area contributed by atoms with Gasteiger partial charge in [-0.2, -0.15) is 5.10 Å². The Hall–Kier alpha value is -4.34. The van der Waals surface area contributed by atoms with E-state index in [0.717, 1.165) is 11.1 Å². The number of hydrogen-bond donors (Lipinski definition) is 2. The average molecular weight is 478 g/mol. The van der Waals surface area contributed by atoms with Crippen LogP contribution in [-0.2, 0) is 19.1 Å². The van der Waals surface area contributed by atoms with Crippen molar-refractivity contribution in [1.82, 2.24) is 15.0 Å². The van der Waals surface area contributed by atoms with Crippen LogP contribution in [0.2, 0.25) is 0 Å². The van der Waals surface area contributed by atoms with Gasteiger partial charge in [-0.3, -0.25) is 14.4 Å². The summed E-state index contributed by atoms with van der Waals surface area (Å²) in [4.78, 5) is 59.2. The molecule has 3 aromatic rings. The number of fused-ring (bicyclic) bond motifs is 1. The number of Topliss-reactive ketones (excluding diaryl/α,β-unsaturated/α-hetero) is 1. The van der Waals surface area contributed by atoms with Gasteiger partial charge >= 0.3 is 5.97 Å². The van der Waals surface area contributed by atoms with Crippen molar-refractivity contribution < 1.29 is 19.1 Å². The van der Waals surface area contributed by atoms with Gasteiger partial charge in [0.05, 0.1) is 17.6 Å². The number of aromatic amines is 1. The van der Waals surface area contributed by atoms with E-state index < -0.39 is 29.1 Å². The molecule has 0 saturated carbocycles. The Labute approximate surface area is 202 Å². The number of aryl methyl sites for hydroxylation is 2. The number of hydrazone groups is 1. The Morgan fingerprint density at radius 2 is 1.86 bits per heavy atom. The lowest BCUT2D eigenvalue weighted by Crippen LogP contribution is -2.41. The zero-order valence-corrected chi connectivity index (χ0v) is 20.2. The van der Waals surface area contributed by atoms with Crippen molar-refractivity contribution >= 4 is 40.1 Å². The first kappa shape index (κ1) is 25.3. The number of rotatable bonds is 8. The van der Waals surface area contributed by atoms with Crippen molar-refractivity contribution in [3.05, 3.63) is 69.6 Å². The fourth-order valence-corrected chi connectivity index (χ4v) is 3.53. The summed E-state index contributed by atoms with van der Waals surface area (Å²) in [7, 11) is 3.10. The lowest BCUT2D eigenvalue weighted by atomic mass is 9.93. The van der Waals surface area contributed by atoms with Crippen LogP contribution < -0.4 is 10.9 Å². The molecule has 1 aromatic heterocycles. The van der Waals surface area contributed by atoms with Crippen LogP contribution >= 0.6 is 0 Å². The third-order valence-corrected chi connectivity index (χ3v) is 5.08. The van der Waals surface area contributed by atoms with Crippen LogP contribution in [0, 0.1) is 13.8 Å². The highest BCUT2D eigenvalue weighted by Gasteiger charge is 2.39. The number of carbonyl (C=O) groups is 3. The number of para-hydroxylation sites is 2. The highest BCUT2D eigenvalue weighted by molar-refractivity contribution is 6.54. The number of benzene rings is 2. The van der Waals surface area contributed by atoms with Gasteiger partial charge in [0.1, 0.15) is 17.3 Å². The van der Waals surface area contributed by atoms with Gasteiger partial charge in [-0.1, -0.05) is 29.8 Å². The van der Waals surface area contributed by atoms with Gasteiger partial charge in [-0.15, -0.1) is 0 Å². The van der Waals surface area contributed by atoms with E-state index in [-0.39, 0.29) is 18.0 Å². The third kappa shape index (κ3) is 5.78. The van der Waals surface area contributed by atoms with E-state index in [2.05, 4.69) is 20.4 Å². The van der Waals surface area contributed by atoms with Crippen LogP contribution in [0.1, 0.15) is 29.7 Å². The highest BCUT2D eigenvalue weighted by atomic mass is 16.5. The summed E-state index contributed by atoms with van der Waals surface area (Å²) in [5.74, 6) is -4.78. The Kier molecular flexibility index (Phi) is 7.75. The molecule has 2 aromatic carbocycles. The molecule has 1 amide bonds. The summed E-state index contributed by atoms with van der Waals surface area (Å²) in [6, 6.07) is 12.1. The molecule has 0 aliphatic rings. The quantitative estimate of drug-likeness (QED) is 0.220. The lowest BCUT2D eigenvalue weighted by Gasteiger charge is -2.19. The van der Waals surface area contributed by atoms with E-state index in [9.17, 15) is 19.2 Å². The Bertz CT molecular complexity index is 1380. The maximum atomic E-state index is 13.4. The number of H-pyrrole nitrogens is 1. The van der Waals surface area contributed by atoms with Gasteiger partial charge in [-0.25, -0.2) is 9.78 Å². The molecule has 1 unspecified atom stereocenters. The number of amides is 1. The minimum Gasteiger partial charge on any atom is -0.460 e. The van der Waals surface area contributed by atoms with Crippen LogP contribution in [0.5, 0.6) is 0 Å². The van der Waals surface area contributed by atoms with Crippen molar-refractivity contribution in [1.29, 1.82) is 0 Å². The normalized spacial score (nSPS) is 12.2. The lowest BCUT2D eigenvalue weighted by molar-refractivity contribution is -0.153. The molecule has 10 heteroatoms. The van der Waals surface area contributed by atoms with E-state index in [0.29, 0.717) is 16.7 Å². The van der Waals surface area contributed by atoms with Crippen molar-refractivity contribution in [2.75, 3.05) is 26.0 Å². The minimum absolute atomic E-state index is 0.0618. The molecule has 3 rings (SSSR count). The maximum absolute atomic E-state index is 13.4. The summed E-state index contributed by atoms with van der Waals surface area (Å²) < 4.78 is 4.89. The molecule has 1 atom stereocenters. The second kappa shape index (κ2) is 10.7. The molecule has 0 fully saturated rings. The largest absolute Gasteiger partial charge is 0.460 e. The molecule has 2 N–H and O–H groups in total. The molecule has 1 heterocycles. The maximum Gasteiger partial charge on any atom is 0.375 e. The second-order valence-corrected chi connectivity index (χ2v) is 8.09. The van der Waals surface area contributed by atoms with Gasteiger partial charge in [0.2, 0.25) is 0 Å². The molecule has 182 valence electrons. The summed E-state index contributed by atoms with van der Waals surface area (Å²) in [5.41, 5.74) is 1.67. The van der Waals surface area contributed by atoms with E-state index in [1.807, 2.05) is 26.0 Å². The molecule has 0 spiro atoms. The number of esters is 1. The fraction of sp³-hybridized carbons (Fsp3) is 0.280. The monoisotopic (exact) mass is 477 g/mol. The molecular weight excluding hydrogens is 450 g/mol. The third-order valence-electron chi connectivity index (χ3n) is 5.08. The van der Waals surface area contributed by atoms with Crippen LogP contribution in [0.4, 0.5) is 5.69 Å². The minimum atomic E-state index is -1.70. The van der Waals surface area contributed by atoms with Crippen LogP contribution in [0.15, 0.2) is 52.4 Å². The molecule has 0 aliphatic heterocycles. The molecule has 0 radical (unpaired) electrons. The molecule has 0 bridgehead atoms. The van der Waals surface area contributed by atoms with Gasteiger partial charge in [0, 0.05) is 19.8 Å². The SMILES string of the molecule is CCOC(=O)C(=O)C(C(=NN(C)C)C(=O)Nc1ccc(C)cc1C)c1nc2ccccc2[nH]c1=O. The van der Waals surface area contributed by atoms with Crippen molar-refractivity contribution in [2.45, 2.75) is 26.7 Å². The summed E-state index contributed by atoms with van der Waals surface area (Å²) in [5, 5.41) is 8.24. The molecular formula is C25H27N5O5. The summed E-state index contributed by atoms with van der Waals surface area (Å²) in [6.45, 7) is 5.22. The van der Waals surface area contributed by atoms with E-state index >= 15 is 0 Å². The van der Waals surface area contributed by atoms with Gasteiger partial charge in [0.25, 0.3) is 17.2 Å². The first-order valence-corrected chi connectivity index (χ1v) is 11.0. The number of hydrogen-bond acceptors (Lipinski definition) is 8. The number of ketones is 1. The Balaban J connectivity index is 2.19. The molecule has 10 nitrogen and oxygen atoms in total. The van der Waals surface area contributed by atoms with Crippen molar-refractivity contribution in [2.24, 2.45) is 5.10 Å². The predicted octanol–water partition coefficient (Wildman–Crippen LogP) is 2.31. The summed E-state index contributed by atoms with van der Waals surface area (Å²) >= 11 is 0. The number of nitrogens with zero attached hydrogens (tertiary/aromatic N) is 3.